The van der Waals surface area contributed by atoms with Crippen molar-refractivity contribution in [3.63, 3.8) is 0 Å². The third-order valence-corrected chi connectivity index (χ3v) is 8.32. The number of rotatable bonds is 5. The zero-order valence-electron chi connectivity index (χ0n) is 20.5. The number of β-amino-alcohol motifs (C(OH)–C–C–N with tert-alkyl or cyclic N) is 1. The smallest absolute Gasteiger partial charge is 0.264 e. The van der Waals surface area contributed by atoms with Crippen molar-refractivity contribution in [3.8, 4) is 21.6 Å². The minimum atomic E-state index is -0.658. The number of hydrogen-bond acceptors (Lipinski definition) is 5. The number of nitrogens with zero attached hydrogens (tertiary/aromatic N) is 3. The van der Waals surface area contributed by atoms with E-state index in [9.17, 15) is 14.3 Å². The Bertz CT molecular complexity index is 1370. The molecule has 2 saturated heterocycles. The Kier molecular flexibility index (Phi) is 7.24. The molecule has 3 aromatic rings. The van der Waals surface area contributed by atoms with E-state index in [0.717, 1.165) is 12.8 Å². The van der Waals surface area contributed by atoms with Gasteiger partial charge in [0, 0.05) is 53.9 Å². The monoisotopic (exact) mass is 522 g/mol. The maximum Gasteiger partial charge on any atom is 0.264 e. The number of likely N-dealkylation sites (tertiary alicyclic amines) is 1. The van der Waals surface area contributed by atoms with Crippen LogP contribution >= 0.6 is 11.3 Å². The molecule has 6 nitrogen and oxygen atoms in total. The number of anilines is 1. The molecule has 0 spiro atoms. The van der Waals surface area contributed by atoms with Crippen molar-refractivity contribution >= 4 is 28.6 Å². The molecule has 9 heteroatoms. The summed E-state index contributed by atoms with van der Waals surface area (Å²) in [5, 5.41) is 13.1. The van der Waals surface area contributed by atoms with E-state index >= 15 is 4.39 Å². The zero-order valence-corrected chi connectivity index (χ0v) is 21.3. The van der Waals surface area contributed by atoms with Crippen LogP contribution in [0.15, 0.2) is 42.5 Å². The molecule has 0 saturated carbocycles. The largest absolute Gasteiger partial charge is 0.391 e. The van der Waals surface area contributed by atoms with Crippen molar-refractivity contribution < 1.29 is 18.7 Å². The second-order valence-electron chi connectivity index (χ2n) is 9.56. The molecule has 5 rings (SSSR count). The van der Waals surface area contributed by atoms with Gasteiger partial charge in [-0.25, -0.2) is 13.6 Å². The molecule has 0 bridgehead atoms. The highest BCUT2D eigenvalue weighted by Crippen LogP contribution is 2.42. The fourth-order valence-electron chi connectivity index (χ4n) is 5.09. The van der Waals surface area contributed by atoms with Crippen LogP contribution in [0.25, 0.3) is 26.4 Å². The number of aliphatic hydroxyl groups excluding tert-OH is 1. The number of piperidine rings is 1. The van der Waals surface area contributed by atoms with Crippen molar-refractivity contribution in [2.75, 3.05) is 38.1 Å². The molecular weight excluding hydrogens is 494 g/mol. The van der Waals surface area contributed by atoms with Crippen molar-refractivity contribution in [1.82, 2.24) is 10.2 Å². The molecule has 0 aliphatic carbocycles. The normalized spacial score (nSPS) is 19.8. The number of halogens is 2. The Morgan fingerprint density at radius 2 is 1.92 bits per heavy atom. The highest BCUT2D eigenvalue weighted by molar-refractivity contribution is 7.18. The lowest BCUT2D eigenvalue weighted by Gasteiger charge is -2.32. The number of carbonyl (C=O) groups is 1. The molecule has 2 aliphatic rings. The molecule has 3 heterocycles. The van der Waals surface area contributed by atoms with Crippen molar-refractivity contribution in [2.45, 2.75) is 31.4 Å². The first-order valence-electron chi connectivity index (χ1n) is 12.4. The van der Waals surface area contributed by atoms with Gasteiger partial charge in [0.15, 0.2) is 0 Å². The van der Waals surface area contributed by atoms with E-state index in [1.807, 2.05) is 22.9 Å². The average molecular weight is 523 g/mol. The van der Waals surface area contributed by atoms with Gasteiger partial charge in [-0.2, -0.15) is 0 Å². The van der Waals surface area contributed by atoms with Crippen LogP contribution in [0.4, 0.5) is 20.2 Å². The van der Waals surface area contributed by atoms with Crippen molar-refractivity contribution in [3.05, 3.63) is 70.4 Å². The molecule has 0 radical (unpaired) electrons. The summed E-state index contributed by atoms with van der Waals surface area (Å²) in [6.07, 6.45) is 2.11. The summed E-state index contributed by atoms with van der Waals surface area (Å²) in [6, 6.07) is 11.2. The van der Waals surface area contributed by atoms with E-state index < -0.39 is 17.7 Å². The Balaban J connectivity index is 1.56. The topological polar surface area (TPSA) is 60.2 Å². The summed E-state index contributed by atoms with van der Waals surface area (Å²) < 4.78 is 30.1. The van der Waals surface area contributed by atoms with Crippen molar-refractivity contribution in [2.24, 2.45) is 0 Å². The molecule has 2 atom stereocenters. The van der Waals surface area contributed by atoms with Gasteiger partial charge < -0.3 is 20.2 Å². The Labute approximate surface area is 219 Å². The van der Waals surface area contributed by atoms with Gasteiger partial charge >= 0.3 is 0 Å². The summed E-state index contributed by atoms with van der Waals surface area (Å²) >= 11 is 1.20. The number of likely N-dealkylation sites (N-methyl/N-ethyl adjacent to an activating group) is 1. The van der Waals surface area contributed by atoms with E-state index in [2.05, 4.69) is 10.2 Å². The van der Waals surface area contributed by atoms with Gasteiger partial charge in [0.1, 0.15) is 11.6 Å². The maximum absolute atomic E-state index is 15.5. The molecule has 0 unspecified atom stereocenters. The highest BCUT2D eigenvalue weighted by atomic mass is 32.1. The van der Waals surface area contributed by atoms with Gasteiger partial charge in [-0.15, -0.1) is 11.3 Å². The lowest BCUT2D eigenvalue weighted by molar-refractivity contribution is 0.0703. The minimum absolute atomic E-state index is 0.0911. The average Bonchev–Trinajstić information content (AvgIpc) is 3.55. The first kappa shape index (κ1) is 25.3. The summed E-state index contributed by atoms with van der Waals surface area (Å²) in [7, 11) is 1.89. The Morgan fingerprint density at radius 1 is 1.08 bits per heavy atom. The lowest BCUT2D eigenvalue weighted by Crippen LogP contribution is -2.46. The second-order valence-corrected chi connectivity index (χ2v) is 10.6. The molecule has 2 fully saturated rings. The Morgan fingerprint density at radius 3 is 2.59 bits per heavy atom. The first-order chi connectivity index (χ1) is 17.9. The molecule has 1 aromatic heterocycles. The number of aliphatic hydroxyl groups is 1. The van der Waals surface area contributed by atoms with Crippen LogP contribution in [0.2, 0.25) is 0 Å². The number of nitrogens with one attached hydrogen (secondary N) is 1. The number of amides is 1. The molecule has 192 valence electrons. The van der Waals surface area contributed by atoms with Crippen molar-refractivity contribution in [1.29, 1.82) is 0 Å². The van der Waals surface area contributed by atoms with E-state index in [4.69, 9.17) is 6.57 Å². The fourth-order valence-corrected chi connectivity index (χ4v) is 6.27. The number of thiophene rings is 1. The van der Waals surface area contributed by atoms with Crippen LogP contribution in [0.3, 0.4) is 0 Å². The predicted octanol–water partition coefficient (Wildman–Crippen LogP) is 5.31. The van der Waals surface area contributed by atoms with Crippen LogP contribution in [-0.4, -0.2) is 61.3 Å². The number of hydrogen-bond donors (Lipinski definition) is 2. The van der Waals surface area contributed by atoms with Crippen LogP contribution < -0.4 is 10.2 Å². The van der Waals surface area contributed by atoms with E-state index in [0.29, 0.717) is 64.7 Å². The predicted molar refractivity (Wildman–Crippen MR) is 142 cm³/mol. The minimum Gasteiger partial charge on any atom is -0.391 e. The number of benzene rings is 2. The molecule has 2 N–H and O–H groups in total. The van der Waals surface area contributed by atoms with E-state index in [-0.39, 0.29) is 17.6 Å². The number of carbonyl (C=O) groups excluding carboxylic acids is 1. The summed E-state index contributed by atoms with van der Waals surface area (Å²) in [6.45, 7) is 9.49. The van der Waals surface area contributed by atoms with Gasteiger partial charge in [0.05, 0.1) is 17.6 Å². The lowest BCUT2D eigenvalue weighted by atomic mass is 10.0. The molecule has 2 aliphatic heterocycles. The van der Waals surface area contributed by atoms with Crippen LogP contribution in [-0.2, 0) is 0 Å². The summed E-state index contributed by atoms with van der Waals surface area (Å²) in [4.78, 5) is 21.4. The van der Waals surface area contributed by atoms with E-state index in [1.165, 1.54) is 29.5 Å². The van der Waals surface area contributed by atoms with Gasteiger partial charge in [-0.3, -0.25) is 4.79 Å². The van der Waals surface area contributed by atoms with Crippen LogP contribution in [0, 0.1) is 18.2 Å². The van der Waals surface area contributed by atoms with Crippen LogP contribution in [0.1, 0.15) is 28.9 Å². The highest BCUT2D eigenvalue weighted by Gasteiger charge is 2.28. The van der Waals surface area contributed by atoms with Gasteiger partial charge in [0.2, 0.25) is 5.69 Å². The maximum atomic E-state index is 15.5. The van der Waals surface area contributed by atoms with Crippen LogP contribution in [0.5, 0.6) is 0 Å². The zero-order chi connectivity index (χ0) is 26.1. The summed E-state index contributed by atoms with van der Waals surface area (Å²) in [5.74, 6) is -1.24. The third kappa shape index (κ3) is 5.10. The standard InChI is InChI=1S/C28H28F2N4O2S/c1-31-18-4-3-10-34(15-18)28(36)26-14-22(17-5-8-25(32-2)24(30)12-17)27(37-26)21-7-6-19(13-23(21)29)33-11-9-20(35)16-33/h5-8,12-14,18,20,31,35H,3-4,9-11,15-16H2,1H3/t18-,20-/m1/s1. The van der Waals surface area contributed by atoms with Gasteiger partial charge in [-0.05, 0) is 62.2 Å². The molecular formula is C28H28F2N4O2S. The van der Waals surface area contributed by atoms with Gasteiger partial charge in [0.25, 0.3) is 5.91 Å². The molecule has 2 aromatic carbocycles. The third-order valence-electron chi connectivity index (χ3n) is 7.16. The van der Waals surface area contributed by atoms with Gasteiger partial charge in [-0.1, -0.05) is 12.1 Å². The quantitative estimate of drug-likeness (QED) is 0.446. The molecule has 1 amide bonds. The second kappa shape index (κ2) is 10.6. The Hall–Kier alpha value is -3.32. The fraction of sp³-hybridized carbons (Fsp3) is 0.357. The first-order valence-corrected chi connectivity index (χ1v) is 13.2. The molecule has 37 heavy (non-hydrogen) atoms. The van der Waals surface area contributed by atoms with E-state index in [1.54, 1.807) is 18.2 Å². The SMILES string of the molecule is [C-]#[N+]c1ccc(-c2cc(C(=O)N3CCC[C@@H](NC)C3)sc2-c2ccc(N3CC[C@@H](O)C3)cc2F)cc1F. The summed E-state index contributed by atoms with van der Waals surface area (Å²) in [5.41, 5.74) is 1.95.